The summed E-state index contributed by atoms with van der Waals surface area (Å²) >= 11 is 0. The summed E-state index contributed by atoms with van der Waals surface area (Å²) in [6, 6.07) is 4.69. The van der Waals surface area contributed by atoms with E-state index in [2.05, 4.69) is 10.2 Å². The quantitative estimate of drug-likeness (QED) is 0.863. The molecule has 110 valence electrons. The Hall–Kier alpha value is -1.62. The number of nitrogens with two attached hydrogens (primary N) is 1. The Morgan fingerprint density at radius 1 is 1.45 bits per heavy atom. The summed E-state index contributed by atoms with van der Waals surface area (Å²) in [6.07, 6.45) is 3.29. The van der Waals surface area contributed by atoms with Crippen molar-refractivity contribution in [3.8, 4) is 0 Å². The van der Waals surface area contributed by atoms with Crippen molar-refractivity contribution in [2.75, 3.05) is 31.6 Å². The molecule has 5 heteroatoms. The van der Waals surface area contributed by atoms with Gasteiger partial charge in [0.2, 0.25) is 0 Å². The summed E-state index contributed by atoms with van der Waals surface area (Å²) in [5, 5.41) is 3.17. The molecule has 0 saturated carbocycles. The number of carbonyl (C=O) groups is 1. The highest BCUT2D eigenvalue weighted by Crippen LogP contribution is 2.28. The highest BCUT2D eigenvalue weighted by Gasteiger charge is 2.23. The molecule has 1 amide bonds. The molecule has 1 heterocycles. The molecule has 0 spiro atoms. The van der Waals surface area contributed by atoms with Crippen molar-refractivity contribution in [2.24, 2.45) is 11.7 Å². The number of hydrogen-bond acceptors (Lipinski definition) is 3. The fourth-order valence-electron chi connectivity index (χ4n) is 2.83. The average Bonchev–Trinajstić information content (AvgIpc) is 2.45. The van der Waals surface area contributed by atoms with Gasteiger partial charge in [-0.2, -0.15) is 0 Å². The molecule has 0 aliphatic carbocycles. The lowest BCUT2D eigenvalue weighted by molar-refractivity contribution is 0.0997. The molecule has 1 saturated heterocycles. The number of hydrogen-bond donors (Lipinski definition) is 2. The smallest absolute Gasteiger partial charge is 0.253 e. The van der Waals surface area contributed by atoms with Gasteiger partial charge in [0.1, 0.15) is 5.82 Å². The van der Waals surface area contributed by atoms with Crippen LogP contribution in [-0.2, 0) is 0 Å². The second-order valence-electron chi connectivity index (χ2n) is 5.32. The fourth-order valence-corrected chi connectivity index (χ4v) is 2.83. The third kappa shape index (κ3) is 3.28. The maximum Gasteiger partial charge on any atom is 0.253 e. The predicted molar refractivity (Wildman–Crippen MR) is 78.4 cm³/mol. The molecular formula is C15H22FN3O. The summed E-state index contributed by atoms with van der Waals surface area (Å²) in [4.78, 5) is 13.5. The van der Waals surface area contributed by atoms with Gasteiger partial charge in [-0.25, -0.2) is 4.39 Å². The molecule has 1 aromatic rings. The lowest BCUT2D eigenvalue weighted by atomic mass is 9.93. The van der Waals surface area contributed by atoms with E-state index >= 15 is 0 Å². The van der Waals surface area contributed by atoms with Crippen molar-refractivity contribution < 1.29 is 9.18 Å². The highest BCUT2D eigenvalue weighted by atomic mass is 19.1. The summed E-state index contributed by atoms with van der Waals surface area (Å²) in [7, 11) is 1.96. The minimum Gasteiger partial charge on any atom is -0.371 e. The van der Waals surface area contributed by atoms with E-state index in [9.17, 15) is 9.18 Å². The van der Waals surface area contributed by atoms with Crippen LogP contribution in [0.1, 0.15) is 29.6 Å². The Bertz CT molecular complexity index is 470. The van der Waals surface area contributed by atoms with E-state index in [1.807, 2.05) is 7.05 Å². The van der Waals surface area contributed by atoms with E-state index in [1.54, 1.807) is 12.1 Å². The van der Waals surface area contributed by atoms with Crippen molar-refractivity contribution >= 4 is 11.6 Å². The Morgan fingerprint density at radius 3 is 2.75 bits per heavy atom. The van der Waals surface area contributed by atoms with E-state index in [0.29, 0.717) is 11.6 Å². The van der Waals surface area contributed by atoms with Gasteiger partial charge in [-0.15, -0.1) is 0 Å². The maximum atomic E-state index is 13.8. The van der Waals surface area contributed by atoms with Crippen LogP contribution in [0.25, 0.3) is 0 Å². The maximum absolute atomic E-state index is 13.8. The Labute approximate surface area is 119 Å². The van der Waals surface area contributed by atoms with Crippen LogP contribution in [0.5, 0.6) is 0 Å². The molecule has 1 aromatic carbocycles. The van der Waals surface area contributed by atoms with Crippen molar-refractivity contribution in [1.29, 1.82) is 0 Å². The Morgan fingerprint density at radius 2 is 2.15 bits per heavy atom. The molecule has 4 nitrogen and oxygen atoms in total. The summed E-state index contributed by atoms with van der Waals surface area (Å²) in [5.41, 5.74) is 5.95. The van der Waals surface area contributed by atoms with Gasteiger partial charge in [-0.3, -0.25) is 4.79 Å². The zero-order chi connectivity index (χ0) is 14.5. The van der Waals surface area contributed by atoms with Crippen molar-refractivity contribution in [3.63, 3.8) is 0 Å². The molecule has 2 rings (SSSR count). The Balaban J connectivity index is 2.07. The van der Waals surface area contributed by atoms with Crippen LogP contribution in [0, 0.1) is 11.7 Å². The van der Waals surface area contributed by atoms with E-state index in [0.717, 1.165) is 38.9 Å². The molecule has 1 aliphatic rings. The predicted octanol–water partition coefficient (Wildman–Crippen LogP) is 1.75. The number of primary amides is 1. The number of anilines is 1. The molecule has 0 bridgehead atoms. The van der Waals surface area contributed by atoms with Crippen LogP contribution < -0.4 is 16.0 Å². The summed E-state index contributed by atoms with van der Waals surface area (Å²) < 4.78 is 13.8. The fraction of sp³-hybridized carbons (Fsp3) is 0.533. The van der Waals surface area contributed by atoms with Gasteiger partial charge in [0.25, 0.3) is 5.91 Å². The second-order valence-corrected chi connectivity index (χ2v) is 5.32. The SMILES string of the molecule is CNCCC1CCN(c2cccc(F)c2C(N)=O)CC1. The number of benzene rings is 1. The number of nitrogens with one attached hydrogen (secondary N) is 1. The number of rotatable bonds is 5. The topological polar surface area (TPSA) is 58.4 Å². The van der Waals surface area contributed by atoms with E-state index in [1.165, 1.54) is 6.07 Å². The Kier molecular flexibility index (Phi) is 4.95. The van der Waals surface area contributed by atoms with Crippen LogP contribution in [-0.4, -0.2) is 32.6 Å². The van der Waals surface area contributed by atoms with Crippen LogP contribution >= 0.6 is 0 Å². The van der Waals surface area contributed by atoms with E-state index in [-0.39, 0.29) is 5.56 Å². The van der Waals surface area contributed by atoms with Crippen LogP contribution in [0.4, 0.5) is 10.1 Å². The van der Waals surface area contributed by atoms with Crippen molar-refractivity contribution in [2.45, 2.75) is 19.3 Å². The van der Waals surface area contributed by atoms with Crippen LogP contribution in [0.3, 0.4) is 0 Å². The van der Waals surface area contributed by atoms with Gasteiger partial charge >= 0.3 is 0 Å². The second kappa shape index (κ2) is 6.70. The third-order valence-electron chi connectivity index (χ3n) is 4.00. The average molecular weight is 279 g/mol. The first-order valence-corrected chi connectivity index (χ1v) is 7.11. The lowest BCUT2D eigenvalue weighted by Crippen LogP contribution is -2.36. The van der Waals surface area contributed by atoms with Crippen molar-refractivity contribution in [3.05, 3.63) is 29.6 Å². The minimum absolute atomic E-state index is 0.0150. The number of piperidine rings is 1. The van der Waals surface area contributed by atoms with Gasteiger partial charge in [0.15, 0.2) is 0 Å². The first kappa shape index (κ1) is 14.8. The summed E-state index contributed by atoms with van der Waals surface area (Å²) in [5.74, 6) is -0.535. The zero-order valence-electron chi connectivity index (χ0n) is 11.9. The van der Waals surface area contributed by atoms with Crippen LogP contribution in [0.15, 0.2) is 18.2 Å². The number of nitrogens with zero attached hydrogens (tertiary/aromatic N) is 1. The molecule has 1 fully saturated rings. The lowest BCUT2D eigenvalue weighted by Gasteiger charge is -2.34. The van der Waals surface area contributed by atoms with Gasteiger partial charge in [0, 0.05) is 13.1 Å². The number of halogens is 1. The first-order valence-electron chi connectivity index (χ1n) is 7.11. The first-order chi connectivity index (χ1) is 9.63. The standard InChI is InChI=1S/C15H22FN3O/c1-18-8-5-11-6-9-19(10-7-11)13-4-2-3-12(16)14(13)15(17)20/h2-4,11,18H,5-10H2,1H3,(H2,17,20). The minimum atomic E-state index is -0.699. The van der Waals surface area contributed by atoms with Gasteiger partial charge in [-0.05, 0) is 50.9 Å². The molecule has 1 aliphatic heterocycles. The highest BCUT2D eigenvalue weighted by molar-refractivity contribution is 5.99. The van der Waals surface area contributed by atoms with Crippen LogP contribution in [0.2, 0.25) is 0 Å². The molecule has 0 atom stereocenters. The third-order valence-corrected chi connectivity index (χ3v) is 4.00. The summed E-state index contributed by atoms with van der Waals surface area (Å²) in [6.45, 7) is 2.72. The molecule has 0 aromatic heterocycles. The van der Waals surface area contributed by atoms with E-state index < -0.39 is 11.7 Å². The van der Waals surface area contributed by atoms with Gasteiger partial charge in [0.05, 0.1) is 11.3 Å². The molecule has 20 heavy (non-hydrogen) atoms. The normalized spacial score (nSPS) is 16.4. The van der Waals surface area contributed by atoms with Gasteiger partial charge < -0.3 is 16.0 Å². The number of carbonyl (C=O) groups excluding carboxylic acids is 1. The zero-order valence-corrected chi connectivity index (χ0v) is 11.9. The molecule has 3 N–H and O–H groups in total. The largest absolute Gasteiger partial charge is 0.371 e. The monoisotopic (exact) mass is 279 g/mol. The molecule has 0 unspecified atom stereocenters. The van der Waals surface area contributed by atoms with E-state index in [4.69, 9.17) is 5.73 Å². The van der Waals surface area contributed by atoms with Crippen molar-refractivity contribution in [1.82, 2.24) is 5.32 Å². The molecular weight excluding hydrogens is 257 g/mol. The number of amides is 1. The molecule has 0 radical (unpaired) electrons. The van der Waals surface area contributed by atoms with Gasteiger partial charge in [-0.1, -0.05) is 6.07 Å².